The molecule has 0 atom stereocenters. The molecule has 0 bridgehead atoms. The molecule has 7 heteroatoms. The van der Waals surface area contributed by atoms with Gasteiger partial charge in [-0.3, -0.25) is 4.79 Å². The minimum atomic E-state index is -0.477. The van der Waals surface area contributed by atoms with E-state index in [9.17, 15) is 9.59 Å². The summed E-state index contributed by atoms with van der Waals surface area (Å²) < 4.78 is 6.87. The van der Waals surface area contributed by atoms with Crippen LogP contribution in [0.5, 0.6) is 0 Å². The van der Waals surface area contributed by atoms with Crippen LogP contribution in [0.2, 0.25) is 0 Å². The van der Waals surface area contributed by atoms with Crippen molar-refractivity contribution >= 4 is 44.1 Å². The van der Waals surface area contributed by atoms with Crippen molar-refractivity contribution in [3.63, 3.8) is 0 Å². The van der Waals surface area contributed by atoms with Crippen LogP contribution >= 0.6 is 11.3 Å². The molecule has 1 amide bonds. The fourth-order valence-corrected chi connectivity index (χ4v) is 5.47. The fraction of sp³-hybridized carbons (Fsp3) is 0.179. The summed E-state index contributed by atoms with van der Waals surface area (Å²) in [4.78, 5) is 33.3. The van der Waals surface area contributed by atoms with Crippen molar-refractivity contribution in [2.45, 2.75) is 13.8 Å². The standard InChI is InChI=1S/C28H25N3O3S/c1-4-31(5-2)17-14-15-20-22(16-17)34-28(33)25(27-30-21-12-8-9-13-23(21)35-27)24(20)18-10-6-7-11-19(18)26(32)29-3/h6-16H,4-5H2,1-3H3,(H,29,32). The van der Waals surface area contributed by atoms with E-state index in [4.69, 9.17) is 9.40 Å². The number of fused-ring (bicyclic) bond motifs is 2. The third kappa shape index (κ3) is 3.98. The Morgan fingerprint density at radius 2 is 1.74 bits per heavy atom. The number of carbonyl (C=O) groups excluding carboxylic acids is 1. The zero-order valence-electron chi connectivity index (χ0n) is 19.8. The highest BCUT2D eigenvalue weighted by atomic mass is 32.1. The number of anilines is 1. The van der Waals surface area contributed by atoms with Gasteiger partial charge < -0.3 is 14.6 Å². The van der Waals surface area contributed by atoms with Crippen LogP contribution in [0.3, 0.4) is 0 Å². The topological polar surface area (TPSA) is 75.4 Å². The first-order chi connectivity index (χ1) is 17.0. The van der Waals surface area contributed by atoms with Crippen LogP contribution in [0.15, 0.2) is 75.9 Å². The maximum absolute atomic E-state index is 13.6. The van der Waals surface area contributed by atoms with Gasteiger partial charge in [0.15, 0.2) is 0 Å². The lowest BCUT2D eigenvalue weighted by Gasteiger charge is -2.21. The fourth-order valence-electron chi connectivity index (χ4n) is 4.46. The summed E-state index contributed by atoms with van der Waals surface area (Å²) in [5.41, 5.74) is 3.96. The highest BCUT2D eigenvalue weighted by Crippen LogP contribution is 2.40. The molecule has 0 aliphatic heterocycles. The van der Waals surface area contributed by atoms with E-state index in [1.165, 1.54) is 11.3 Å². The van der Waals surface area contributed by atoms with E-state index in [1.807, 2.05) is 60.7 Å². The molecule has 0 unspecified atom stereocenters. The monoisotopic (exact) mass is 483 g/mol. The van der Waals surface area contributed by atoms with E-state index in [-0.39, 0.29) is 5.91 Å². The summed E-state index contributed by atoms with van der Waals surface area (Å²) in [7, 11) is 1.60. The van der Waals surface area contributed by atoms with Gasteiger partial charge in [0.25, 0.3) is 5.91 Å². The Morgan fingerprint density at radius 3 is 2.49 bits per heavy atom. The molecule has 0 radical (unpaired) electrons. The summed E-state index contributed by atoms with van der Waals surface area (Å²) in [6, 6.07) is 21.0. The molecule has 2 aromatic heterocycles. The van der Waals surface area contributed by atoms with Crippen LogP contribution in [0.25, 0.3) is 42.9 Å². The van der Waals surface area contributed by atoms with Crippen molar-refractivity contribution in [2.75, 3.05) is 25.0 Å². The van der Waals surface area contributed by atoms with Crippen molar-refractivity contribution in [2.24, 2.45) is 0 Å². The largest absolute Gasteiger partial charge is 0.422 e. The smallest absolute Gasteiger partial charge is 0.347 e. The molecular formula is C28H25N3O3S. The second-order valence-corrected chi connectivity index (χ2v) is 9.13. The van der Waals surface area contributed by atoms with Gasteiger partial charge in [-0.1, -0.05) is 30.3 Å². The molecule has 6 nitrogen and oxygen atoms in total. The highest BCUT2D eigenvalue weighted by Gasteiger charge is 2.24. The van der Waals surface area contributed by atoms with Gasteiger partial charge in [0.1, 0.15) is 16.2 Å². The quantitative estimate of drug-likeness (QED) is 0.302. The van der Waals surface area contributed by atoms with E-state index in [0.29, 0.717) is 32.8 Å². The zero-order chi connectivity index (χ0) is 24.5. The number of hydrogen-bond acceptors (Lipinski definition) is 6. The summed E-state index contributed by atoms with van der Waals surface area (Å²) >= 11 is 1.44. The number of aromatic nitrogens is 1. The van der Waals surface area contributed by atoms with E-state index < -0.39 is 5.63 Å². The number of hydrogen-bond donors (Lipinski definition) is 1. The molecule has 0 saturated heterocycles. The van der Waals surface area contributed by atoms with Gasteiger partial charge in [-0.2, -0.15) is 0 Å². The molecule has 35 heavy (non-hydrogen) atoms. The van der Waals surface area contributed by atoms with Crippen LogP contribution in [0.4, 0.5) is 5.69 Å². The Labute approximate surface area is 206 Å². The molecule has 176 valence electrons. The molecule has 0 fully saturated rings. The molecule has 0 aliphatic rings. The second kappa shape index (κ2) is 9.35. The first-order valence-corrected chi connectivity index (χ1v) is 12.4. The normalized spacial score (nSPS) is 11.2. The first-order valence-electron chi connectivity index (χ1n) is 11.6. The lowest BCUT2D eigenvalue weighted by atomic mass is 9.93. The van der Waals surface area contributed by atoms with E-state index in [2.05, 4.69) is 24.1 Å². The van der Waals surface area contributed by atoms with Crippen molar-refractivity contribution < 1.29 is 9.21 Å². The van der Waals surface area contributed by atoms with E-state index >= 15 is 0 Å². The number of carbonyl (C=O) groups is 1. The second-order valence-electron chi connectivity index (χ2n) is 8.10. The summed E-state index contributed by atoms with van der Waals surface area (Å²) in [5.74, 6) is -0.225. The van der Waals surface area contributed by atoms with Gasteiger partial charge in [0.2, 0.25) is 0 Å². The van der Waals surface area contributed by atoms with Gasteiger partial charge in [-0.25, -0.2) is 9.78 Å². The number of thiazole rings is 1. The van der Waals surface area contributed by atoms with Gasteiger partial charge in [0, 0.05) is 48.4 Å². The van der Waals surface area contributed by atoms with Crippen molar-refractivity contribution in [3.05, 3.63) is 82.7 Å². The van der Waals surface area contributed by atoms with Gasteiger partial charge in [-0.05, 0) is 49.7 Å². The SMILES string of the molecule is CCN(CC)c1ccc2c(-c3ccccc3C(=O)NC)c(-c3nc4ccccc4s3)c(=O)oc2c1. The average molecular weight is 484 g/mol. The van der Waals surface area contributed by atoms with Crippen LogP contribution in [-0.2, 0) is 0 Å². The Morgan fingerprint density at radius 1 is 1.00 bits per heavy atom. The van der Waals surface area contributed by atoms with Gasteiger partial charge >= 0.3 is 5.63 Å². The lowest BCUT2D eigenvalue weighted by Crippen LogP contribution is -2.21. The molecule has 1 N–H and O–H groups in total. The number of para-hydroxylation sites is 1. The number of amides is 1. The Kier molecular flexibility index (Phi) is 6.09. The average Bonchev–Trinajstić information content (AvgIpc) is 3.32. The first kappa shape index (κ1) is 22.8. The third-order valence-electron chi connectivity index (χ3n) is 6.20. The molecule has 0 spiro atoms. The Bertz CT molecular complexity index is 1580. The number of nitrogens with one attached hydrogen (secondary N) is 1. The molecule has 5 rings (SSSR count). The van der Waals surface area contributed by atoms with Crippen LogP contribution < -0.4 is 15.8 Å². The van der Waals surface area contributed by atoms with Crippen molar-refractivity contribution in [3.8, 4) is 21.7 Å². The van der Waals surface area contributed by atoms with Crippen molar-refractivity contribution in [1.29, 1.82) is 0 Å². The lowest BCUT2D eigenvalue weighted by molar-refractivity contribution is 0.0963. The third-order valence-corrected chi connectivity index (χ3v) is 7.25. The summed E-state index contributed by atoms with van der Waals surface area (Å²) in [6.45, 7) is 5.85. The van der Waals surface area contributed by atoms with E-state index in [1.54, 1.807) is 13.1 Å². The predicted molar refractivity (Wildman–Crippen MR) is 143 cm³/mol. The van der Waals surface area contributed by atoms with Crippen LogP contribution in [0.1, 0.15) is 24.2 Å². The van der Waals surface area contributed by atoms with Crippen LogP contribution in [0, 0.1) is 0 Å². The summed E-state index contributed by atoms with van der Waals surface area (Å²) in [5, 5.41) is 4.04. The van der Waals surface area contributed by atoms with Crippen LogP contribution in [-0.4, -0.2) is 31.0 Å². The molecular weight excluding hydrogens is 458 g/mol. The Balaban J connectivity index is 1.88. The molecule has 2 heterocycles. The van der Waals surface area contributed by atoms with Gasteiger partial charge in [0.05, 0.1) is 10.2 Å². The number of benzene rings is 3. The summed E-state index contributed by atoms with van der Waals surface area (Å²) in [6.07, 6.45) is 0. The van der Waals surface area contributed by atoms with E-state index in [0.717, 1.165) is 34.4 Å². The Hall–Kier alpha value is -3.97. The minimum Gasteiger partial charge on any atom is -0.422 e. The van der Waals surface area contributed by atoms with Crippen molar-refractivity contribution in [1.82, 2.24) is 10.3 Å². The maximum Gasteiger partial charge on any atom is 0.347 e. The highest BCUT2D eigenvalue weighted by molar-refractivity contribution is 7.21. The molecule has 0 saturated carbocycles. The molecule has 5 aromatic rings. The maximum atomic E-state index is 13.6. The minimum absolute atomic E-state index is 0.225. The van der Waals surface area contributed by atoms with Gasteiger partial charge in [-0.15, -0.1) is 11.3 Å². The number of rotatable bonds is 6. The predicted octanol–water partition coefficient (Wildman–Crippen LogP) is 5.94. The molecule has 0 aliphatic carbocycles. The molecule has 3 aromatic carbocycles. The number of nitrogens with zero attached hydrogens (tertiary/aromatic N) is 2. The zero-order valence-corrected chi connectivity index (χ0v) is 20.6.